The molecule has 0 spiro atoms. The highest BCUT2D eigenvalue weighted by Crippen LogP contribution is 2.46. The van der Waals surface area contributed by atoms with Crippen LogP contribution in [0.4, 0.5) is 0 Å². The molecule has 1 unspecified atom stereocenters. The van der Waals surface area contributed by atoms with Gasteiger partial charge in [0.25, 0.3) is 0 Å². The molecule has 4 nitrogen and oxygen atoms in total. The van der Waals surface area contributed by atoms with Crippen LogP contribution in [0.3, 0.4) is 0 Å². The van der Waals surface area contributed by atoms with Gasteiger partial charge in [-0.3, -0.25) is 4.79 Å². The van der Waals surface area contributed by atoms with Gasteiger partial charge in [0.05, 0.1) is 12.2 Å². The summed E-state index contributed by atoms with van der Waals surface area (Å²) in [5.74, 6) is -0.450. The highest BCUT2D eigenvalue weighted by Gasteiger charge is 2.41. The van der Waals surface area contributed by atoms with Crippen LogP contribution in [0.5, 0.6) is 0 Å². The standard InChI is InChI=1S/C22H35ClO4/c1-2-22(13-8-14-22)20(25)11-7-10-17-16(18(23)15-19(17)24)9-5-3-4-6-12-21(26)27/h2,7,10,16-20,24-25H,1,3-6,8-9,11-15H2,(H,26,27)/b10-7+/t16-,17-,18-,19-,20?/m1/s1. The van der Waals surface area contributed by atoms with E-state index in [4.69, 9.17) is 16.7 Å². The Morgan fingerprint density at radius 3 is 2.56 bits per heavy atom. The fourth-order valence-corrected chi connectivity index (χ4v) is 5.08. The van der Waals surface area contributed by atoms with Gasteiger partial charge in [-0.15, -0.1) is 18.2 Å². The molecule has 0 saturated heterocycles. The molecule has 5 atom stereocenters. The van der Waals surface area contributed by atoms with Crippen LogP contribution in [0.25, 0.3) is 0 Å². The smallest absolute Gasteiger partial charge is 0.303 e. The molecule has 0 radical (unpaired) electrons. The second-order valence-corrected chi connectivity index (χ2v) is 8.94. The van der Waals surface area contributed by atoms with Gasteiger partial charge < -0.3 is 15.3 Å². The van der Waals surface area contributed by atoms with Crippen LogP contribution in [0, 0.1) is 17.3 Å². The molecule has 2 fully saturated rings. The van der Waals surface area contributed by atoms with Crippen LogP contribution in [0.2, 0.25) is 0 Å². The lowest BCUT2D eigenvalue weighted by Crippen LogP contribution is -2.39. The van der Waals surface area contributed by atoms with Crippen molar-refractivity contribution in [2.75, 3.05) is 0 Å². The van der Waals surface area contributed by atoms with E-state index in [1.807, 2.05) is 12.2 Å². The van der Waals surface area contributed by atoms with Crippen LogP contribution in [-0.4, -0.2) is 38.9 Å². The molecule has 0 aliphatic heterocycles. The number of halogens is 1. The number of carboxylic acids is 1. The molecule has 2 rings (SSSR count). The molecule has 0 bridgehead atoms. The van der Waals surface area contributed by atoms with Crippen molar-refractivity contribution in [1.82, 2.24) is 0 Å². The van der Waals surface area contributed by atoms with E-state index in [0.29, 0.717) is 12.8 Å². The maximum Gasteiger partial charge on any atom is 0.303 e. The lowest BCUT2D eigenvalue weighted by Gasteiger charge is -2.43. The Hall–Kier alpha value is -0.840. The maximum atomic E-state index is 10.5. The number of hydrogen-bond donors (Lipinski definition) is 3. The SMILES string of the molecule is C=CC1(C(O)C/C=C/[C@@H]2[C@@H](CCCCCCC(=O)O)[C@H](Cl)C[C@H]2O)CCC1. The van der Waals surface area contributed by atoms with Gasteiger partial charge in [-0.1, -0.05) is 43.9 Å². The zero-order valence-electron chi connectivity index (χ0n) is 16.2. The third-order valence-corrected chi connectivity index (χ3v) is 7.12. The molecule has 27 heavy (non-hydrogen) atoms. The summed E-state index contributed by atoms with van der Waals surface area (Å²) in [5.41, 5.74) is -0.122. The topological polar surface area (TPSA) is 77.8 Å². The minimum absolute atomic E-state index is 0.0234. The largest absolute Gasteiger partial charge is 0.481 e. The van der Waals surface area contributed by atoms with Gasteiger partial charge in [-0.2, -0.15) is 0 Å². The van der Waals surface area contributed by atoms with Crippen molar-refractivity contribution >= 4 is 17.6 Å². The summed E-state index contributed by atoms with van der Waals surface area (Å²) in [6, 6.07) is 0. The molecule has 2 aliphatic rings. The van der Waals surface area contributed by atoms with Gasteiger partial charge >= 0.3 is 5.97 Å². The van der Waals surface area contributed by atoms with E-state index in [1.165, 1.54) is 0 Å². The Labute approximate surface area is 168 Å². The molecule has 5 heteroatoms. The first kappa shape index (κ1) is 22.4. The number of carbonyl (C=O) groups is 1. The molecule has 2 saturated carbocycles. The van der Waals surface area contributed by atoms with Crippen LogP contribution in [0.15, 0.2) is 24.8 Å². The molecule has 0 amide bonds. The van der Waals surface area contributed by atoms with Crippen LogP contribution >= 0.6 is 11.6 Å². The van der Waals surface area contributed by atoms with E-state index in [9.17, 15) is 15.0 Å². The Balaban J connectivity index is 1.78. The Bertz CT molecular complexity index is 514. The summed E-state index contributed by atoms with van der Waals surface area (Å²) in [5, 5.41) is 29.5. The molecule has 0 aromatic rings. The average Bonchev–Trinajstić information content (AvgIpc) is 2.84. The normalized spacial score (nSPS) is 30.9. The van der Waals surface area contributed by atoms with E-state index < -0.39 is 18.2 Å². The third-order valence-electron chi connectivity index (χ3n) is 6.62. The molecule has 0 heterocycles. The number of alkyl halides is 1. The van der Waals surface area contributed by atoms with Crippen LogP contribution in [-0.2, 0) is 4.79 Å². The van der Waals surface area contributed by atoms with E-state index in [0.717, 1.165) is 51.4 Å². The monoisotopic (exact) mass is 398 g/mol. The van der Waals surface area contributed by atoms with Gasteiger partial charge in [0.2, 0.25) is 0 Å². The first-order chi connectivity index (χ1) is 12.9. The fraction of sp³-hybridized carbons (Fsp3) is 0.773. The van der Waals surface area contributed by atoms with Gasteiger partial charge in [-0.25, -0.2) is 0 Å². The Morgan fingerprint density at radius 2 is 1.96 bits per heavy atom. The van der Waals surface area contributed by atoms with E-state index in [-0.39, 0.29) is 29.0 Å². The Morgan fingerprint density at radius 1 is 1.26 bits per heavy atom. The van der Waals surface area contributed by atoms with E-state index in [2.05, 4.69) is 12.7 Å². The van der Waals surface area contributed by atoms with Crippen molar-refractivity contribution in [2.45, 2.75) is 88.2 Å². The minimum Gasteiger partial charge on any atom is -0.481 e. The third kappa shape index (κ3) is 6.07. The highest BCUT2D eigenvalue weighted by molar-refractivity contribution is 6.21. The number of hydrogen-bond acceptors (Lipinski definition) is 3. The number of carboxylic acid groups (broad SMARTS) is 1. The fourth-order valence-electron chi connectivity index (χ4n) is 4.60. The first-order valence-corrected chi connectivity index (χ1v) is 10.9. The molecular formula is C22H35ClO4. The quantitative estimate of drug-likeness (QED) is 0.253. The summed E-state index contributed by atoms with van der Waals surface area (Å²) >= 11 is 6.48. The molecule has 0 aromatic heterocycles. The second-order valence-electron chi connectivity index (χ2n) is 8.38. The van der Waals surface area contributed by atoms with Crippen molar-refractivity contribution in [2.24, 2.45) is 17.3 Å². The van der Waals surface area contributed by atoms with Crippen molar-refractivity contribution in [3.63, 3.8) is 0 Å². The number of aliphatic carboxylic acids is 1. The van der Waals surface area contributed by atoms with Crippen molar-refractivity contribution in [3.8, 4) is 0 Å². The van der Waals surface area contributed by atoms with E-state index in [1.54, 1.807) is 0 Å². The van der Waals surface area contributed by atoms with Gasteiger partial charge in [0.15, 0.2) is 0 Å². The summed E-state index contributed by atoms with van der Waals surface area (Å²) < 4.78 is 0. The van der Waals surface area contributed by atoms with Crippen molar-refractivity contribution < 1.29 is 20.1 Å². The zero-order valence-corrected chi connectivity index (χ0v) is 17.0. The lowest BCUT2D eigenvalue weighted by molar-refractivity contribution is -0.137. The number of aliphatic hydroxyl groups is 2. The highest BCUT2D eigenvalue weighted by atomic mass is 35.5. The second kappa shape index (κ2) is 10.6. The molecule has 3 N–H and O–H groups in total. The predicted octanol–water partition coefficient (Wildman–Crippen LogP) is 4.68. The summed E-state index contributed by atoms with van der Waals surface area (Å²) in [7, 11) is 0. The number of rotatable bonds is 12. The molecule has 154 valence electrons. The number of aliphatic hydroxyl groups excluding tert-OH is 2. The number of unbranched alkanes of at least 4 members (excludes halogenated alkanes) is 3. The van der Waals surface area contributed by atoms with Gasteiger partial charge in [-0.05, 0) is 44.4 Å². The summed E-state index contributed by atoms with van der Waals surface area (Å²) in [4.78, 5) is 10.5. The van der Waals surface area contributed by atoms with Crippen molar-refractivity contribution in [1.29, 1.82) is 0 Å². The molecule has 0 aromatic carbocycles. The Kier molecular flexibility index (Phi) is 8.84. The lowest BCUT2D eigenvalue weighted by atomic mass is 9.64. The summed E-state index contributed by atoms with van der Waals surface area (Å²) in [6.45, 7) is 3.89. The van der Waals surface area contributed by atoms with Crippen molar-refractivity contribution in [3.05, 3.63) is 24.8 Å². The zero-order chi connectivity index (χ0) is 19.9. The molecule has 2 aliphatic carbocycles. The first-order valence-electron chi connectivity index (χ1n) is 10.4. The van der Waals surface area contributed by atoms with Crippen LogP contribution < -0.4 is 0 Å². The van der Waals surface area contributed by atoms with E-state index >= 15 is 0 Å². The summed E-state index contributed by atoms with van der Waals surface area (Å²) in [6.07, 6.45) is 14.3. The minimum atomic E-state index is -0.734. The van der Waals surface area contributed by atoms with Gasteiger partial charge in [0, 0.05) is 23.1 Å². The van der Waals surface area contributed by atoms with Gasteiger partial charge in [0.1, 0.15) is 0 Å². The van der Waals surface area contributed by atoms with Crippen LogP contribution in [0.1, 0.15) is 70.6 Å². The predicted molar refractivity (Wildman–Crippen MR) is 109 cm³/mol. The molecular weight excluding hydrogens is 364 g/mol. The average molecular weight is 399 g/mol. The maximum absolute atomic E-state index is 10.5.